The molecule has 1 amide bonds. The summed E-state index contributed by atoms with van der Waals surface area (Å²) < 4.78 is 27.5. The van der Waals surface area contributed by atoms with Crippen LogP contribution >= 0.6 is 11.6 Å². The maximum atomic E-state index is 13.7. The number of halogens is 3. The molecule has 0 spiro atoms. The molecule has 0 radical (unpaired) electrons. The largest absolute Gasteiger partial charge is 0.343 e. The van der Waals surface area contributed by atoms with Gasteiger partial charge in [0.25, 0.3) is 5.91 Å². The van der Waals surface area contributed by atoms with Gasteiger partial charge in [0.05, 0.1) is 0 Å². The van der Waals surface area contributed by atoms with Crippen molar-refractivity contribution in [3.63, 3.8) is 0 Å². The number of hydrogen-bond acceptors (Lipinski definition) is 1. The van der Waals surface area contributed by atoms with Crippen molar-refractivity contribution in [1.29, 1.82) is 0 Å². The van der Waals surface area contributed by atoms with Crippen LogP contribution in [-0.2, 0) is 4.79 Å². The summed E-state index contributed by atoms with van der Waals surface area (Å²) in [5, 5.41) is 0.469. The molecule has 0 aromatic heterocycles. The van der Waals surface area contributed by atoms with Crippen LogP contribution in [0.1, 0.15) is 18.4 Å². The molecule has 19 heavy (non-hydrogen) atoms. The van der Waals surface area contributed by atoms with Crippen molar-refractivity contribution in [2.45, 2.75) is 18.8 Å². The van der Waals surface area contributed by atoms with Gasteiger partial charge < -0.3 is 4.90 Å². The van der Waals surface area contributed by atoms with E-state index in [4.69, 9.17) is 11.6 Å². The van der Waals surface area contributed by atoms with E-state index in [0.717, 1.165) is 12.8 Å². The lowest BCUT2D eigenvalue weighted by molar-refractivity contribution is -0.149. The van der Waals surface area contributed by atoms with Crippen LogP contribution in [0, 0.1) is 0 Å². The van der Waals surface area contributed by atoms with Crippen LogP contribution < -0.4 is 0 Å². The molecule has 0 aliphatic carbocycles. The van der Waals surface area contributed by atoms with E-state index in [-0.39, 0.29) is 0 Å². The minimum atomic E-state index is -3.47. The average molecular weight is 286 g/mol. The predicted molar refractivity (Wildman–Crippen MR) is 71.2 cm³/mol. The Morgan fingerprint density at radius 1 is 1.32 bits per heavy atom. The van der Waals surface area contributed by atoms with E-state index in [9.17, 15) is 13.6 Å². The maximum absolute atomic E-state index is 13.7. The van der Waals surface area contributed by atoms with Crippen molar-refractivity contribution < 1.29 is 13.6 Å². The summed E-state index contributed by atoms with van der Waals surface area (Å²) in [5.74, 6) is -4.59. The molecule has 1 aromatic carbocycles. The highest BCUT2D eigenvalue weighted by molar-refractivity contribution is 6.30. The van der Waals surface area contributed by atoms with E-state index in [2.05, 4.69) is 0 Å². The summed E-state index contributed by atoms with van der Waals surface area (Å²) in [6.45, 7) is 0.832. The molecule has 5 heteroatoms. The highest BCUT2D eigenvalue weighted by Crippen LogP contribution is 2.23. The molecule has 1 fully saturated rings. The van der Waals surface area contributed by atoms with E-state index < -0.39 is 11.8 Å². The Labute approximate surface area is 115 Å². The van der Waals surface area contributed by atoms with Gasteiger partial charge in [-0.2, -0.15) is 8.78 Å². The summed E-state index contributed by atoms with van der Waals surface area (Å²) in [4.78, 5) is 12.9. The summed E-state index contributed by atoms with van der Waals surface area (Å²) in [5.41, 5.74) is 0.543. The lowest BCUT2D eigenvalue weighted by atomic mass is 10.1. The average Bonchev–Trinajstić information content (AvgIpc) is 2.89. The second-order valence-corrected chi connectivity index (χ2v) is 4.95. The number of carbonyl (C=O) groups is 1. The van der Waals surface area contributed by atoms with Crippen LogP contribution in [-0.4, -0.2) is 29.8 Å². The van der Waals surface area contributed by atoms with Gasteiger partial charge in [0.15, 0.2) is 0 Å². The Morgan fingerprint density at radius 3 is 2.63 bits per heavy atom. The molecule has 0 unspecified atom stereocenters. The minimum absolute atomic E-state index is 0.416. The smallest absolute Gasteiger partial charge is 0.337 e. The third kappa shape index (κ3) is 3.53. The van der Waals surface area contributed by atoms with Crippen LogP contribution in [0.25, 0.3) is 6.08 Å². The number of carbonyl (C=O) groups excluding carboxylic acids is 1. The minimum Gasteiger partial charge on any atom is -0.337 e. The molecule has 1 heterocycles. The van der Waals surface area contributed by atoms with Crippen LogP contribution in [0.15, 0.2) is 30.3 Å². The van der Waals surface area contributed by atoms with Crippen molar-refractivity contribution in [3.05, 3.63) is 40.9 Å². The Morgan fingerprint density at radius 2 is 2.00 bits per heavy atom. The Balaban J connectivity index is 2.09. The molecule has 1 aliphatic heterocycles. The van der Waals surface area contributed by atoms with E-state index in [0.29, 0.717) is 29.8 Å². The molecule has 2 nitrogen and oxygen atoms in total. The number of hydrogen-bond donors (Lipinski definition) is 0. The first-order valence-corrected chi connectivity index (χ1v) is 6.49. The topological polar surface area (TPSA) is 20.3 Å². The first-order chi connectivity index (χ1) is 8.99. The highest BCUT2D eigenvalue weighted by Gasteiger charge is 2.40. The van der Waals surface area contributed by atoms with Gasteiger partial charge in [-0.3, -0.25) is 4.79 Å². The second-order valence-electron chi connectivity index (χ2n) is 4.51. The van der Waals surface area contributed by atoms with E-state index in [1.807, 2.05) is 0 Å². The highest BCUT2D eigenvalue weighted by atomic mass is 35.5. The lowest BCUT2D eigenvalue weighted by Crippen LogP contribution is -2.40. The van der Waals surface area contributed by atoms with Crippen molar-refractivity contribution >= 4 is 23.6 Å². The zero-order chi connectivity index (χ0) is 13.9. The predicted octanol–water partition coefficient (Wildman–Crippen LogP) is 3.61. The number of rotatable bonds is 3. The van der Waals surface area contributed by atoms with Crippen LogP contribution in [0.3, 0.4) is 0 Å². The fourth-order valence-corrected chi connectivity index (χ4v) is 2.21. The van der Waals surface area contributed by atoms with Crippen LogP contribution in [0.2, 0.25) is 5.02 Å². The van der Waals surface area contributed by atoms with Crippen molar-refractivity contribution in [2.75, 3.05) is 13.1 Å². The van der Waals surface area contributed by atoms with Crippen molar-refractivity contribution in [1.82, 2.24) is 4.90 Å². The second kappa shape index (κ2) is 5.70. The zero-order valence-corrected chi connectivity index (χ0v) is 11.0. The van der Waals surface area contributed by atoms with Crippen molar-refractivity contribution in [3.8, 4) is 0 Å². The van der Waals surface area contributed by atoms with Gasteiger partial charge in [-0.1, -0.05) is 29.8 Å². The van der Waals surface area contributed by atoms with Gasteiger partial charge in [0, 0.05) is 18.1 Å². The molecule has 0 atom stereocenters. The molecule has 0 N–H and O–H groups in total. The molecule has 1 saturated heterocycles. The summed E-state index contributed by atoms with van der Waals surface area (Å²) in [6, 6.07) is 6.54. The Kier molecular flexibility index (Phi) is 4.20. The number of likely N-dealkylation sites (tertiary alicyclic amines) is 1. The Bertz CT molecular complexity index is 496. The van der Waals surface area contributed by atoms with Gasteiger partial charge in [-0.05, 0) is 36.6 Å². The van der Waals surface area contributed by atoms with Crippen LogP contribution in [0.4, 0.5) is 8.78 Å². The monoisotopic (exact) mass is 285 g/mol. The fourth-order valence-electron chi connectivity index (χ4n) is 2.01. The van der Waals surface area contributed by atoms with Gasteiger partial charge in [-0.15, -0.1) is 0 Å². The standard InChI is InChI=1S/C14H14ClF2NO/c15-12-5-3-4-11(10-12)6-7-14(16,17)13(19)18-8-1-2-9-18/h3-7,10H,1-2,8-9H2/b7-6+. The molecular formula is C14H14ClF2NO. The normalized spacial score (nSPS) is 16.3. The molecule has 102 valence electrons. The molecule has 0 saturated carbocycles. The summed E-state index contributed by atoms with van der Waals surface area (Å²) in [7, 11) is 0. The number of amides is 1. The van der Waals surface area contributed by atoms with E-state index >= 15 is 0 Å². The fraction of sp³-hybridized carbons (Fsp3) is 0.357. The van der Waals surface area contributed by atoms with Gasteiger partial charge >= 0.3 is 5.92 Å². The lowest BCUT2D eigenvalue weighted by Gasteiger charge is -2.20. The Hall–Kier alpha value is -1.42. The number of nitrogens with zero attached hydrogens (tertiary/aromatic N) is 1. The molecule has 2 rings (SSSR count). The zero-order valence-electron chi connectivity index (χ0n) is 10.3. The van der Waals surface area contributed by atoms with Crippen molar-refractivity contribution in [2.24, 2.45) is 0 Å². The summed E-state index contributed by atoms with van der Waals surface area (Å²) >= 11 is 5.76. The van der Waals surface area contributed by atoms with Gasteiger partial charge in [0.1, 0.15) is 0 Å². The molecule has 1 aliphatic rings. The number of alkyl halides is 2. The maximum Gasteiger partial charge on any atom is 0.343 e. The first kappa shape index (κ1) is 14.0. The summed E-state index contributed by atoms with van der Waals surface area (Å²) in [6.07, 6.45) is 3.44. The third-order valence-corrected chi connectivity index (χ3v) is 3.25. The molecular weight excluding hydrogens is 272 g/mol. The SMILES string of the molecule is O=C(N1CCCC1)C(F)(F)/C=C/c1cccc(Cl)c1. The number of benzene rings is 1. The third-order valence-electron chi connectivity index (χ3n) is 3.01. The van der Waals surface area contributed by atoms with E-state index in [1.54, 1.807) is 24.3 Å². The molecule has 1 aromatic rings. The van der Waals surface area contributed by atoms with Crippen LogP contribution in [0.5, 0.6) is 0 Å². The van der Waals surface area contributed by atoms with E-state index in [1.165, 1.54) is 11.0 Å². The quantitative estimate of drug-likeness (QED) is 0.831. The van der Waals surface area contributed by atoms with Gasteiger partial charge in [-0.25, -0.2) is 0 Å². The first-order valence-electron chi connectivity index (χ1n) is 6.11. The molecule has 0 bridgehead atoms. The van der Waals surface area contributed by atoms with Gasteiger partial charge in [0.2, 0.25) is 0 Å².